The van der Waals surface area contributed by atoms with Crippen molar-refractivity contribution < 1.29 is 4.39 Å². The number of rotatable bonds is 4. The van der Waals surface area contributed by atoms with E-state index in [1.54, 1.807) is 11.8 Å². The predicted octanol–water partition coefficient (Wildman–Crippen LogP) is 4.69. The molecule has 100 valence electrons. The molecule has 0 saturated heterocycles. The molecule has 1 unspecified atom stereocenters. The Labute approximate surface area is 125 Å². The van der Waals surface area contributed by atoms with Crippen molar-refractivity contribution in [3.05, 3.63) is 63.9 Å². The molecule has 2 rings (SSSR count). The number of hydrogen-bond donors (Lipinski definition) is 1. The SMILES string of the molecule is Cc1cc(F)cc(C(N)CSc2ccccc2Br)c1. The Morgan fingerprint density at radius 2 is 2.00 bits per heavy atom. The third kappa shape index (κ3) is 4.06. The molecule has 0 amide bonds. The Morgan fingerprint density at radius 1 is 1.26 bits per heavy atom. The first kappa shape index (κ1) is 14.6. The standard InChI is InChI=1S/C15H15BrFNS/c1-10-6-11(8-12(17)7-10)14(18)9-19-15-5-3-2-4-13(15)16/h2-8,14H,9,18H2,1H3. The van der Waals surface area contributed by atoms with Crippen LogP contribution in [0.25, 0.3) is 0 Å². The van der Waals surface area contributed by atoms with Gasteiger partial charge in [0.05, 0.1) is 0 Å². The number of thioether (sulfide) groups is 1. The zero-order valence-electron chi connectivity index (χ0n) is 10.6. The van der Waals surface area contributed by atoms with Gasteiger partial charge in [-0.15, -0.1) is 11.8 Å². The van der Waals surface area contributed by atoms with Crippen LogP contribution >= 0.6 is 27.7 Å². The van der Waals surface area contributed by atoms with E-state index in [1.807, 2.05) is 37.3 Å². The quantitative estimate of drug-likeness (QED) is 0.817. The van der Waals surface area contributed by atoms with Crippen LogP contribution in [-0.2, 0) is 0 Å². The van der Waals surface area contributed by atoms with Gasteiger partial charge in [0.15, 0.2) is 0 Å². The van der Waals surface area contributed by atoms with Gasteiger partial charge < -0.3 is 5.73 Å². The third-order valence-corrected chi connectivity index (χ3v) is 4.89. The number of nitrogens with two attached hydrogens (primary N) is 1. The minimum absolute atomic E-state index is 0.175. The molecular weight excluding hydrogens is 325 g/mol. The van der Waals surface area contributed by atoms with Gasteiger partial charge in [-0.3, -0.25) is 0 Å². The lowest BCUT2D eigenvalue weighted by atomic mass is 10.1. The van der Waals surface area contributed by atoms with Crippen LogP contribution in [0, 0.1) is 12.7 Å². The van der Waals surface area contributed by atoms with E-state index >= 15 is 0 Å². The first-order valence-electron chi connectivity index (χ1n) is 5.96. The van der Waals surface area contributed by atoms with E-state index in [0.29, 0.717) is 5.75 Å². The van der Waals surface area contributed by atoms with Crippen LogP contribution in [0.5, 0.6) is 0 Å². The smallest absolute Gasteiger partial charge is 0.123 e. The fourth-order valence-corrected chi connectivity index (χ4v) is 3.38. The molecule has 0 aliphatic rings. The lowest BCUT2D eigenvalue weighted by Gasteiger charge is -2.13. The van der Waals surface area contributed by atoms with Crippen LogP contribution < -0.4 is 5.73 Å². The maximum atomic E-state index is 13.3. The van der Waals surface area contributed by atoms with E-state index in [0.717, 1.165) is 20.5 Å². The van der Waals surface area contributed by atoms with E-state index in [9.17, 15) is 4.39 Å². The monoisotopic (exact) mass is 339 g/mol. The van der Waals surface area contributed by atoms with Crippen molar-refractivity contribution >= 4 is 27.7 Å². The van der Waals surface area contributed by atoms with Gasteiger partial charge in [-0.1, -0.05) is 18.2 Å². The summed E-state index contributed by atoms with van der Waals surface area (Å²) in [5.41, 5.74) is 7.87. The van der Waals surface area contributed by atoms with Crippen LogP contribution in [-0.4, -0.2) is 5.75 Å². The number of aryl methyl sites for hydroxylation is 1. The molecule has 0 bridgehead atoms. The summed E-state index contributed by atoms with van der Waals surface area (Å²) in [4.78, 5) is 1.14. The molecular formula is C15H15BrFNS. The highest BCUT2D eigenvalue weighted by Gasteiger charge is 2.09. The summed E-state index contributed by atoms with van der Waals surface area (Å²) in [6.07, 6.45) is 0. The Kier molecular flexibility index (Phi) is 5.02. The Bertz CT molecular complexity index is 554. The summed E-state index contributed by atoms with van der Waals surface area (Å²) >= 11 is 5.17. The van der Waals surface area contributed by atoms with Crippen molar-refractivity contribution in [2.75, 3.05) is 5.75 Å². The summed E-state index contributed by atoms with van der Waals surface area (Å²) in [5, 5.41) is 0. The zero-order valence-corrected chi connectivity index (χ0v) is 13.0. The molecule has 4 heteroatoms. The average molecular weight is 340 g/mol. The lowest BCUT2D eigenvalue weighted by molar-refractivity contribution is 0.621. The molecule has 19 heavy (non-hydrogen) atoms. The maximum absolute atomic E-state index is 13.3. The summed E-state index contributed by atoms with van der Waals surface area (Å²) in [6.45, 7) is 1.88. The minimum Gasteiger partial charge on any atom is -0.323 e. The topological polar surface area (TPSA) is 26.0 Å². The van der Waals surface area contributed by atoms with E-state index in [1.165, 1.54) is 12.1 Å². The highest BCUT2D eigenvalue weighted by molar-refractivity contribution is 9.10. The van der Waals surface area contributed by atoms with Gasteiger partial charge in [0.25, 0.3) is 0 Å². The van der Waals surface area contributed by atoms with Gasteiger partial charge in [-0.05, 0) is 58.2 Å². The Morgan fingerprint density at radius 3 is 2.68 bits per heavy atom. The molecule has 0 heterocycles. The van der Waals surface area contributed by atoms with E-state index in [-0.39, 0.29) is 11.9 Å². The van der Waals surface area contributed by atoms with Crippen LogP contribution in [0.1, 0.15) is 17.2 Å². The van der Waals surface area contributed by atoms with E-state index < -0.39 is 0 Å². The Balaban J connectivity index is 2.05. The lowest BCUT2D eigenvalue weighted by Crippen LogP contribution is -2.13. The van der Waals surface area contributed by atoms with Crippen molar-refractivity contribution in [3.63, 3.8) is 0 Å². The minimum atomic E-state index is -0.226. The normalized spacial score (nSPS) is 12.4. The second-order valence-electron chi connectivity index (χ2n) is 4.41. The Hall–Kier alpha value is -0.840. The molecule has 1 nitrogen and oxygen atoms in total. The molecule has 0 fully saturated rings. The molecule has 2 aromatic rings. The number of halogens is 2. The van der Waals surface area contributed by atoms with Gasteiger partial charge in [0, 0.05) is 21.2 Å². The number of benzene rings is 2. The summed E-state index contributed by atoms with van der Waals surface area (Å²) in [7, 11) is 0. The van der Waals surface area contributed by atoms with Gasteiger partial charge >= 0.3 is 0 Å². The average Bonchev–Trinajstić information content (AvgIpc) is 2.36. The summed E-state index contributed by atoms with van der Waals surface area (Å²) < 4.78 is 14.4. The van der Waals surface area contributed by atoms with Gasteiger partial charge in [-0.2, -0.15) is 0 Å². The van der Waals surface area contributed by atoms with Crippen LogP contribution in [0.4, 0.5) is 4.39 Å². The first-order valence-corrected chi connectivity index (χ1v) is 7.74. The molecule has 1 atom stereocenters. The molecule has 0 spiro atoms. The van der Waals surface area contributed by atoms with Crippen molar-refractivity contribution in [3.8, 4) is 0 Å². The summed E-state index contributed by atoms with van der Waals surface area (Å²) in [5.74, 6) is 0.488. The first-order chi connectivity index (χ1) is 9.06. The van der Waals surface area contributed by atoms with E-state index in [2.05, 4.69) is 15.9 Å². The largest absolute Gasteiger partial charge is 0.323 e. The fourth-order valence-electron chi connectivity index (χ4n) is 1.82. The second-order valence-corrected chi connectivity index (χ2v) is 6.33. The van der Waals surface area contributed by atoms with Crippen molar-refractivity contribution in [1.82, 2.24) is 0 Å². The van der Waals surface area contributed by atoms with Crippen molar-refractivity contribution in [2.45, 2.75) is 17.9 Å². The van der Waals surface area contributed by atoms with Gasteiger partial charge in [0.1, 0.15) is 5.82 Å². The molecule has 0 aliphatic heterocycles. The third-order valence-electron chi connectivity index (χ3n) is 2.75. The van der Waals surface area contributed by atoms with Crippen molar-refractivity contribution in [2.24, 2.45) is 5.73 Å². The van der Waals surface area contributed by atoms with Crippen LogP contribution in [0.3, 0.4) is 0 Å². The molecule has 2 aromatic carbocycles. The summed E-state index contributed by atoms with van der Waals surface area (Å²) in [6, 6.07) is 12.8. The molecule has 0 radical (unpaired) electrons. The maximum Gasteiger partial charge on any atom is 0.123 e. The van der Waals surface area contributed by atoms with Crippen LogP contribution in [0.2, 0.25) is 0 Å². The second kappa shape index (κ2) is 6.55. The molecule has 2 N–H and O–H groups in total. The van der Waals surface area contributed by atoms with Gasteiger partial charge in [-0.25, -0.2) is 4.39 Å². The number of hydrogen-bond acceptors (Lipinski definition) is 2. The zero-order chi connectivity index (χ0) is 13.8. The molecule has 0 saturated carbocycles. The fraction of sp³-hybridized carbons (Fsp3) is 0.200. The van der Waals surface area contributed by atoms with Crippen molar-refractivity contribution in [1.29, 1.82) is 0 Å². The molecule has 0 aromatic heterocycles. The van der Waals surface area contributed by atoms with Gasteiger partial charge in [0.2, 0.25) is 0 Å². The van der Waals surface area contributed by atoms with E-state index in [4.69, 9.17) is 5.73 Å². The van der Waals surface area contributed by atoms with Crippen LogP contribution in [0.15, 0.2) is 51.8 Å². The highest BCUT2D eigenvalue weighted by atomic mass is 79.9. The highest BCUT2D eigenvalue weighted by Crippen LogP contribution is 2.30. The molecule has 0 aliphatic carbocycles. The predicted molar refractivity (Wildman–Crippen MR) is 82.9 cm³/mol.